The molecular weight excluding hydrogens is 360 g/mol. The van der Waals surface area contributed by atoms with Gasteiger partial charge in [-0.1, -0.05) is 0 Å². The zero-order valence-electron chi connectivity index (χ0n) is 15.9. The van der Waals surface area contributed by atoms with Gasteiger partial charge in [-0.25, -0.2) is 4.79 Å². The molecule has 1 aromatic rings. The number of nitriles is 1. The molecule has 2 saturated heterocycles. The summed E-state index contributed by atoms with van der Waals surface area (Å²) in [6.07, 6.45) is 1.20. The van der Waals surface area contributed by atoms with Crippen LogP contribution in [-0.4, -0.2) is 55.1 Å². The lowest BCUT2D eigenvalue weighted by Crippen LogP contribution is -2.48. The monoisotopic (exact) mass is 384 g/mol. The number of piperidine rings is 1. The maximum absolute atomic E-state index is 12.6. The largest absolute Gasteiger partial charge is 0.450 e. The maximum Gasteiger partial charge on any atom is 0.409 e. The summed E-state index contributed by atoms with van der Waals surface area (Å²) in [5.41, 5.74) is 1.22. The van der Waals surface area contributed by atoms with Gasteiger partial charge in [0.25, 0.3) is 0 Å². The number of nitrogens with zero attached hydrogens (tertiary/aromatic N) is 3. The number of likely N-dealkylation sites (tertiary alicyclic amines) is 1. The van der Waals surface area contributed by atoms with Gasteiger partial charge in [-0.2, -0.15) is 5.26 Å². The smallest absolute Gasteiger partial charge is 0.409 e. The minimum atomic E-state index is -0.397. The molecule has 3 rings (SSSR count). The first-order chi connectivity index (χ1) is 13.5. The number of carbonyl (C=O) groups is 3. The molecule has 1 aromatic carbocycles. The van der Waals surface area contributed by atoms with E-state index in [1.165, 1.54) is 0 Å². The van der Waals surface area contributed by atoms with E-state index in [0.29, 0.717) is 50.3 Å². The average Bonchev–Trinajstić information content (AvgIpc) is 3.10. The van der Waals surface area contributed by atoms with Gasteiger partial charge in [-0.05, 0) is 44.0 Å². The van der Waals surface area contributed by atoms with Crippen molar-refractivity contribution < 1.29 is 19.1 Å². The second-order valence-electron chi connectivity index (χ2n) is 7.03. The van der Waals surface area contributed by atoms with Crippen molar-refractivity contribution >= 4 is 23.6 Å². The molecule has 3 amide bonds. The van der Waals surface area contributed by atoms with Gasteiger partial charge in [0, 0.05) is 37.8 Å². The van der Waals surface area contributed by atoms with E-state index in [1.807, 2.05) is 6.07 Å². The summed E-state index contributed by atoms with van der Waals surface area (Å²) in [5.74, 6) is -0.618. The van der Waals surface area contributed by atoms with Crippen molar-refractivity contribution in [2.75, 3.05) is 31.1 Å². The van der Waals surface area contributed by atoms with Crippen molar-refractivity contribution in [1.82, 2.24) is 10.2 Å². The van der Waals surface area contributed by atoms with Gasteiger partial charge >= 0.3 is 6.09 Å². The van der Waals surface area contributed by atoms with Crippen molar-refractivity contribution in [2.24, 2.45) is 5.92 Å². The van der Waals surface area contributed by atoms with E-state index in [-0.39, 0.29) is 30.4 Å². The fourth-order valence-corrected chi connectivity index (χ4v) is 3.59. The van der Waals surface area contributed by atoms with Crippen molar-refractivity contribution in [3.05, 3.63) is 29.8 Å². The number of nitrogens with one attached hydrogen (secondary N) is 1. The van der Waals surface area contributed by atoms with Gasteiger partial charge in [0.05, 0.1) is 24.2 Å². The summed E-state index contributed by atoms with van der Waals surface area (Å²) in [7, 11) is 0. The zero-order chi connectivity index (χ0) is 20.1. The number of amides is 3. The topological polar surface area (TPSA) is 103 Å². The Bertz CT molecular complexity index is 778. The number of benzene rings is 1. The summed E-state index contributed by atoms with van der Waals surface area (Å²) in [6, 6.07) is 8.81. The molecule has 1 unspecified atom stereocenters. The molecule has 0 bridgehead atoms. The van der Waals surface area contributed by atoms with Gasteiger partial charge in [0.1, 0.15) is 0 Å². The van der Waals surface area contributed by atoms with E-state index in [0.717, 1.165) is 0 Å². The van der Waals surface area contributed by atoms with Crippen molar-refractivity contribution in [3.8, 4) is 6.07 Å². The van der Waals surface area contributed by atoms with Crippen LogP contribution in [0.25, 0.3) is 0 Å². The lowest BCUT2D eigenvalue weighted by atomic mass is 10.0. The Hall–Kier alpha value is -3.08. The summed E-state index contributed by atoms with van der Waals surface area (Å²) in [4.78, 5) is 39.9. The highest BCUT2D eigenvalue weighted by Crippen LogP contribution is 2.26. The van der Waals surface area contributed by atoms with Crippen LogP contribution in [0.4, 0.5) is 10.5 Å². The standard InChI is InChI=1S/C20H24N4O4/c1-2-28-20(27)23-9-7-16(8-10-23)22-19(26)15-11-18(25)24(13-15)17-5-3-14(12-21)4-6-17/h3-6,15-16H,2,7-11,13H2,1H3,(H,22,26). The van der Waals surface area contributed by atoms with Crippen molar-refractivity contribution in [2.45, 2.75) is 32.2 Å². The Morgan fingerprint density at radius 3 is 2.54 bits per heavy atom. The summed E-state index contributed by atoms with van der Waals surface area (Å²) in [6.45, 7) is 3.55. The molecule has 8 heteroatoms. The molecule has 0 spiro atoms. The van der Waals surface area contributed by atoms with Gasteiger partial charge in [-0.3, -0.25) is 9.59 Å². The Morgan fingerprint density at radius 2 is 1.93 bits per heavy atom. The molecule has 0 radical (unpaired) electrons. The highest BCUT2D eigenvalue weighted by Gasteiger charge is 2.36. The normalized spacial score (nSPS) is 20.0. The van der Waals surface area contributed by atoms with E-state index < -0.39 is 5.92 Å². The molecule has 28 heavy (non-hydrogen) atoms. The fraction of sp³-hybridized carbons (Fsp3) is 0.500. The van der Waals surface area contributed by atoms with E-state index in [9.17, 15) is 14.4 Å². The van der Waals surface area contributed by atoms with E-state index in [1.54, 1.807) is 41.0 Å². The molecule has 0 aromatic heterocycles. The summed E-state index contributed by atoms with van der Waals surface area (Å²) < 4.78 is 5.00. The molecule has 148 valence electrons. The number of carbonyl (C=O) groups excluding carboxylic acids is 3. The van der Waals surface area contributed by atoms with Gasteiger partial charge < -0.3 is 19.9 Å². The number of rotatable bonds is 4. The first kappa shape index (κ1) is 19.7. The highest BCUT2D eigenvalue weighted by atomic mass is 16.6. The zero-order valence-corrected chi connectivity index (χ0v) is 15.9. The minimum Gasteiger partial charge on any atom is -0.450 e. The Kier molecular flexibility index (Phi) is 6.14. The molecule has 8 nitrogen and oxygen atoms in total. The summed E-state index contributed by atoms with van der Waals surface area (Å²) >= 11 is 0. The summed E-state index contributed by atoms with van der Waals surface area (Å²) in [5, 5.41) is 11.9. The van der Waals surface area contributed by atoms with Crippen LogP contribution in [-0.2, 0) is 14.3 Å². The molecule has 2 fully saturated rings. The quantitative estimate of drug-likeness (QED) is 0.850. The minimum absolute atomic E-state index is 0.00255. The first-order valence-electron chi connectivity index (χ1n) is 9.54. The number of anilines is 1. The van der Waals surface area contributed by atoms with Crippen LogP contribution in [0.5, 0.6) is 0 Å². The third kappa shape index (κ3) is 4.42. The fourth-order valence-electron chi connectivity index (χ4n) is 3.59. The van der Waals surface area contributed by atoms with Crippen LogP contribution in [0.2, 0.25) is 0 Å². The molecule has 1 atom stereocenters. The SMILES string of the molecule is CCOC(=O)N1CCC(NC(=O)C2CC(=O)N(c3ccc(C#N)cc3)C2)CC1. The van der Waals surface area contributed by atoms with Gasteiger partial charge in [0.2, 0.25) is 11.8 Å². The van der Waals surface area contributed by atoms with Crippen LogP contribution in [0, 0.1) is 17.2 Å². The highest BCUT2D eigenvalue weighted by molar-refractivity contribution is 6.00. The third-order valence-corrected chi connectivity index (χ3v) is 5.17. The Balaban J connectivity index is 1.51. The van der Waals surface area contributed by atoms with Crippen molar-refractivity contribution in [1.29, 1.82) is 5.26 Å². The van der Waals surface area contributed by atoms with Crippen molar-refractivity contribution in [3.63, 3.8) is 0 Å². The van der Waals surface area contributed by atoms with E-state index in [2.05, 4.69) is 5.32 Å². The van der Waals surface area contributed by atoms with Crippen LogP contribution in [0.1, 0.15) is 31.7 Å². The predicted octanol–water partition coefficient (Wildman–Crippen LogP) is 1.65. The van der Waals surface area contributed by atoms with Gasteiger partial charge in [0.15, 0.2) is 0 Å². The molecule has 0 saturated carbocycles. The first-order valence-corrected chi connectivity index (χ1v) is 9.54. The Morgan fingerprint density at radius 1 is 1.25 bits per heavy atom. The van der Waals surface area contributed by atoms with E-state index >= 15 is 0 Å². The number of ether oxygens (including phenoxy) is 1. The molecular formula is C20H24N4O4. The molecule has 1 N–H and O–H groups in total. The van der Waals surface area contributed by atoms with Gasteiger partial charge in [-0.15, -0.1) is 0 Å². The number of hydrogen-bond donors (Lipinski definition) is 1. The van der Waals surface area contributed by atoms with Crippen LogP contribution in [0.15, 0.2) is 24.3 Å². The molecule has 2 aliphatic rings. The second-order valence-corrected chi connectivity index (χ2v) is 7.03. The molecule has 2 aliphatic heterocycles. The lowest BCUT2D eigenvalue weighted by Gasteiger charge is -2.32. The molecule has 0 aliphatic carbocycles. The maximum atomic E-state index is 12.6. The number of hydrogen-bond acceptors (Lipinski definition) is 5. The predicted molar refractivity (Wildman–Crippen MR) is 101 cm³/mol. The molecule has 2 heterocycles. The average molecular weight is 384 g/mol. The van der Waals surface area contributed by atoms with E-state index in [4.69, 9.17) is 10.00 Å². The van der Waals surface area contributed by atoms with Crippen LogP contribution >= 0.6 is 0 Å². The van der Waals surface area contributed by atoms with Crippen LogP contribution in [0.3, 0.4) is 0 Å². The Labute approximate surface area is 164 Å². The lowest BCUT2D eigenvalue weighted by molar-refractivity contribution is -0.127. The second kappa shape index (κ2) is 8.74. The third-order valence-electron chi connectivity index (χ3n) is 5.17. The van der Waals surface area contributed by atoms with Crippen LogP contribution < -0.4 is 10.2 Å².